The Bertz CT molecular complexity index is 324. The van der Waals surface area contributed by atoms with E-state index in [0.29, 0.717) is 6.04 Å². The molecule has 1 aliphatic heterocycles. The second-order valence-electron chi connectivity index (χ2n) is 4.20. The van der Waals surface area contributed by atoms with E-state index in [1.54, 1.807) is 0 Å². The minimum Gasteiger partial charge on any atom is -0.368 e. The Hall–Kier alpha value is -0.630. The number of aryl methyl sites for hydroxylation is 1. The van der Waals surface area contributed by atoms with E-state index < -0.39 is 0 Å². The molecule has 0 bridgehead atoms. The summed E-state index contributed by atoms with van der Waals surface area (Å²) in [5, 5.41) is 0. The van der Waals surface area contributed by atoms with Gasteiger partial charge in [-0.2, -0.15) is 11.8 Å². The smallest absolute Gasteiger partial charge is 0.0401 e. The van der Waals surface area contributed by atoms with Crippen molar-refractivity contribution < 1.29 is 0 Å². The molecule has 2 heteroatoms. The Morgan fingerprint density at radius 1 is 1.40 bits per heavy atom. The molecular weight excluding hydrogens is 202 g/mol. The molecule has 0 aromatic heterocycles. The van der Waals surface area contributed by atoms with Crippen LogP contribution in [0.3, 0.4) is 0 Å². The van der Waals surface area contributed by atoms with Crippen LogP contribution in [-0.2, 0) is 6.42 Å². The molecule has 1 aromatic rings. The van der Waals surface area contributed by atoms with Crippen LogP contribution in [-0.4, -0.2) is 24.6 Å². The molecule has 0 N–H and O–H groups in total. The number of para-hydroxylation sites is 1. The molecule has 1 heterocycles. The topological polar surface area (TPSA) is 3.24 Å². The van der Waals surface area contributed by atoms with Crippen LogP contribution in [0.25, 0.3) is 0 Å². The number of fused-ring (bicyclic) bond motifs is 1. The summed E-state index contributed by atoms with van der Waals surface area (Å²) < 4.78 is 0. The fourth-order valence-corrected chi connectivity index (χ4v) is 2.67. The van der Waals surface area contributed by atoms with Crippen LogP contribution in [0.4, 0.5) is 5.69 Å². The van der Waals surface area contributed by atoms with Gasteiger partial charge in [-0.3, -0.25) is 0 Å². The maximum Gasteiger partial charge on any atom is 0.0401 e. The van der Waals surface area contributed by atoms with E-state index in [4.69, 9.17) is 0 Å². The monoisotopic (exact) mass is 221 g/mol. The molecule has 82 valence electrons. The van der Waals surface area contributed by atoms with Crippen LogP contribution in [0.1, 0.15) is 18.9 Å². The summed E-state index contributed by atoms with van der Waals surface area (Å²) in [4.78, 5) is 2.56. The van der Waals surface area contributed by atoms with Gasteiger partial charge < -0.3 is 4.90 Å². The summed E-state index contributed by atoms with van der Waals surface area (Å²) in [5.41, 5.74) is 2.99. The van der Waals surface area contributed by atoms with Gasteiger partial charge >= 0.3 is 0 Å². The van der Waals surface area contributed by atoms with Crippen molar-refractivity contribution >= 4 is 17.4 Å². The molecule has 0 saturated carbocycles. The molecule has 1 unspecified atom stereocenters. The molecule has 2 rings (SSSR count). The van der Waals surface area contributed by atoms with Gasteiger partial charge in [-0.15, -0.1) is 0 Å². The number of hydrogen-bond acceptors (Lipinski definition) is 2. The Morgan fingerprint density at radius 3 is 3.00 bits per heavy atom. The van der Waals surface area contributed by atoms with E-state index in [-0.39, 0.29) is 0 Å². The maximum absolute atomic E-state index is 2.56. The highest BCUT2D eigenvalue weighted by Crippen LogP contribution is 2.30. The predicted molar refractivity (Wildman–Crippen MR) is 70.0 cm³/mol. The van der Waals surface area contributed by atoms with Gasteiger partial charge in [-0.05, 0) is 37.7 Å². The normalized spacial score (nSPS) is 20.1. The van der Waals surface area contributed by atoms with Crippen molar-refractivity contribution in [1.29, 1.82) is 0 Å². The molecular formula is C13H19NS. The van der Waals surface area contributed by atoms with E-state index in [2.05, 4.69) is 42.3 Å². The van der Waals surface area contributed by atoms with E-state index >= 15 is 0 Å². The Balaban J connectivity index is 2.21. The summed E-state index contributed by atoms with van der Waals surface area (Å²) in [6.07, 6.45) is 4.72. The highest BCUT2D eigenvalue weighted by molar-refractivity contribution is 7.98. The fourth-order valence-electron chi connectivity index (χ4n) is 2.29. The molecule has 0 radical (unpaired) electrons. The number of thioether (sulfide) groups is 1. The lowest BCUT2D eigenvalue weighted by Gasteiger charge is -2.37. The number of anilines is 1. The zero-order chi connectivity index (χ0) is 10.7. The van der Waals surface area contributed by atoms with Gasteiger partial charge in [0.2, 0.25) is 0 Å². The van der Waals surface area contributed by atoms with Crippen LogP contribution in [0.15, 0.2) is 24.3 Å². The molecule has 0 aliphatic carbocycles. The average Bonchev–Trinajstić information content (AvgIpc) is 2.28. The summed E-state index contributed by atoms with van der Waals surface area (Å²) in [7, 11) is 0. The van der Waals surface area contributed by atoms with Crippen LogP contribution in [0.5, 0.6) is 0 Å². The van der Waals surface area contributed by atoms with E-state index in [9.17, 15) is 0 Å². The quantitative estimate of drug-likeness (QED) is 0.771. The molecule has 0 spiro atoms. The number of nitrogens with zero attached hydrogens (tertiary/aromatic N) is 1. The molecule has 15 heavy (non-hydrogen) atoms. The Kier molecular flexibility index (Phi) is 3.57. The van der Waals surface area contributed by atoms with Crippen LogP contribution in [0, 0.1) is 0 Å². The zero-order valence-corrected chi connectivity index (χ0v) is 10.4. The van der Waals surface area contributed by atoms with Crippen molar-refractivity contribution in [3.63, 3.8) is 0 Å². The van der Waals surface area contributed by atoms with Gasteiger partial charge in [0, 0.05) is 24.0 Å². The van der Waals surface area contributed by atoms with E-state index in [1.807, 2.05) is 11.8 Å². The minimum atomic E-state index is 0.701. The highest BCUT2D eigenvalue weighted by atomic mass is 32.2. The lowest BCUT2D eigenvalue weighted by Crippen LogP contribution is -2.38. The first-order chi connectivity index (χ1) is 7.33. The third-order valence-electron chi connectivity index (χ3n) is 3.20. The van der Waals surface area contributed by atoms with Gasteiger partial charge in [-0.1, -0.05) is 18.2 Å². The van der Waals surface area contributed by atoms with Crippen molar-refractivity contribution in [2.45, 2.75) is 25.8 Å². The molecule has 1 aromatic carbocycles. The zero-order valence-electron chi connectivity index (χ0n) is 9.57. The molecule has 0 saturated heterocycles. The second-order valence-corrected chi connectivity index (χ2v) is 5.19. The Morgan fingerprint density at radius 2 is 2.20 bits per heavy atom. The van der Waals surface area contributed by atoms with Crippen molar-refractivity contribution in [3.05, 3.63) is 29.8 Å². The molecule has 1 nitrogen and oxygen atoms in total. The van der Waals surface area contributed by atoms with Crippen LogP contribution in [0.2, 0.25) is 0 Å². The summed E-state index contributed by atoms with van der Waals surface area (Å²) >= 11 is 1.93. The van der Waals surface area contributed by atoms with Gasteiger partial charge in [0.05, 0.1) is 0 Å². The number of hydrogen-bond donors (Lipinski definition) is 0. The lowest BCUT2D eigenvalue weighted by atomic mass is 9.97. The predicted octanol–water partition coefficient (Wildman–Crippen LogP) is 3.19. The lowest BCUT2D eigenvalue weighted by molar-refractivity contribution is 0.574. The van der Waals surface area contributed by atoms with Crippen LogP contribution < -0.4 is 4.90 Å². The third-order valence-corrected chi connectivity index (χ3v) is 3.79. The number of benzene rings is 1. The first-order valence-electron chi connectivity index (χ1n) is 5.66. The summed E-state index contributed by atoms with van der Waals surface area (Å²) in [6.45, 7) is 3.52. The molecule has 0 amide bonds. The molecule has 1 aliphatic rings. The first kappa shape index (κ1) is 10.9. The maximum atomic E-state index is 2.56. The largest absolute Gasteiger partial charge is 0.368 e. The molecule has 0 fully saturated rings. The van der Waals surface area contributed by atoms with Crippen molar-refractivity contribution in [1.82, 2.24) is 0 Å². The van der Waals surface area contributed by atoms with Gasteiger partial charge in [-0.25, -0.2) is 0 Å². The van der Waals surface area contributed by atoms with Gasteiger partial charge in [0.1, 0.15) is 0 Å². The molecule has 1 atom stereocenters. The van der Waals surface area contributed by atoms with Crippen molar-refractivity contribution in [3.8, 4) is 0 Å². The van der Waals surface area contributed by atoms with E-state index in [0.717, 1.165) is 0 Å². The summed E-state index contributed by atoms with van der Waals surface area (Å²) in [5.74, 6) is 1.22. The standard InChI is InChI=1S/C13H19NS/c1-11-7-8-12-5-3-4-6-13(12)14(11)9-10-15-2/h3-6,11H,7-10H2,1-2H3. The minimum absolute atomic E-state index is 0.701. The third kappa shape index (κ3) is 2.31. The summed E-state index contributed by atoms with van der Waals surface area (Å²) in [6, 6.07) is 9.55. The van der Waals surface area contributed by atoms with Crippen molar-refractivity contribution in [2.75, 3.05) is 23.5 Å². The van der Waals surface area contributed by atoms with Crippen molar-refractivity contribution in [2.24, 2.45) is 0 Å². The Labute approximate surface area is 96.9 Å². The number of rotatable bonds is 3. The first-order valence-corrected chi connectivity index (χ1v) is 7.06. The van der Waals surface area contributed by atoms with Gasteiger partial charge in [0.15, 0.2) is 0 Å². The van der Waals surface area contributed by atoms with E-state index in [1.165, 1.54) is 36.4 Å². The SMILES string of the molecule is CSCCN1c2ccccc2CCC1C. The average molecular weight is 221 g/mol. The van der Waals surface area contributed by atoms with Crippen LogP contribution >= 0.6 is 11.8 Å². The highest BCUT2D eigenvalue weighted by Gasteiger charge is 2.21. The second kappa shape index (κ2) is 4.93. The fraction of sp³-hybridized carbons (Fsp3) is 0.538. The van der Waals surface area contributed by atoms with Gasteiger partial charge in [0.25, 0.3) is 0 Å².